The van der Waals surface area contributed by atoms with Crippen LogP contribution in [0.15, 0.2) is 24.5 Å². The molecule has 0 atom stereocenters. The highest BCUT2D eigenvalue weighted by molar-refractivity contribution is 5.87. The molecule has 0 amide bonds. The lowest BCUT2D eigenvalue weighted by atomic mass is 10.4. The summed E-state index contributed by atoms with van der Waals surface area (Å²) < 4.78 is 8.80. The van der Waals surface area contributed by atoms with Gasteiger partial charge < -0.3 is 19.8 Å². The van der Waals surface area contributed by atoms with Gasteiger partial charge in [-0.25, -0.2) is 18.3 Å². The van der Waals surface area contributed by atoms with Crippen molar-refractivity contribution in [1.82, 2.24) is 9.13 Å². The van der Waals surface area contributed by atoms with Crippen LogP contribution in [0.25, 0.3) is 0 Å². The Labute approximate surface area is 167 Å². The fourth-order valence-electron chi connectivity index (χ4n) is 2.87. The smallest absolute Gasteiger partial charge is 0.255 e. The van der Waals surface area contributed by atoms with Crippen LogP contribution >= 0.6 is 0 Å². The van der Waals surface area contributed by atoms with Crippen LogP contribution in [0.5, 0.6) is 0 Å². The van der Waals surface area contributed by atoms with Gasteiger partial charge in [0.2, 0.25) is 0 Å². The van der Waals surface area contributed by atoms with Crippen LogP contribution in [0.1, 0.15) is 36.9 Å². The Bertz CT molecular complexity index is 764. The van der Waals surface area contributed by atoms with E-state index in [4.69, 9.17) is 0 Å². The molecular weight excluding hydrogens is 360 g/mol. The second kappa shape index (κ2) is 11.7. The molecule has 8 nitrogen and oxygen atoms in total. The Morgan fingerprint density at radius 3 is 1.25 bits per heavy atom. The second-order valence-corrected chi connectivity index (χ2v) is 6.39. The number of carboxylic acids is 2. The summed E-state index contributed by atoms with van der Waals surface area (Å²) >= 11 is 0. The molecule has 0 saturated heterocycles. The average Bonchev–Trinajstić information content (AvgIpc) is 3.00. The zero-order chi connectivity index (χ0) is 22.0. The minimum absolute atomic E-state index is 0.384. The number of carboxylic acid groups (broad SMARTS) is 2. The predicted molar refractivity (Wildman–Crippen MR) is 101 cm³/mol. The summed E-state index contributed by atoms with van der Waals surface area (Å²) in [5, 5.41) is 18.8. The molecule has 0 N–H and O–H groups in total. The highest BCUT2D eigenvalue weighted by atomic mass is 16.4. The Morgan fingerprint density at radius 2 is 1.14 bits per heavy atom. The van der Waals surface area contributed by atoms with E-state index >= 15 is 0 Å². The molecule has 0 unspecified atom stereocenters. The Hall–Kier alpha value is -2.90. The minimum Gasteiger partial charge on any atom is -0.545 e. The van der Waals surface area contributed by atoms with E-state index in [1.807, 2.05) is 0 Å². The quantitative estimate of drug-likeness (QED) is 0.466. The van der Waals surface area contributed by atoms with E-state index in [-0.39, 0.29) is 0 Å². The van der Waals surface area contributed by atoms with Crippen molar-refractivity contribution < 1.29 is 28.9 Å². The number of imidazole rings is 2. The topological polar surface area (TPSA) is 97.9 Å². The second-order valence-electron chi connectivity index (χ2n) is 6.39. The molecule has 2 aromatic rings. The van der Waals surface area contributed by atoms with Crippen molar-refractivity contribution in [2.24, 2.45) is 28.2 Å². The number of aliphatic carboxylic acids is 2. The van der Waals surface area contributed by atoms with Crippen LogP contribution in [-0.2, 0) is 50.6 Å². The predicted octanol–water partition coefficient (Wildman–Crippen LogP) is -1.52. The molecule has 0 aliphatic rings. The van der Waals surface area contributed by atoms with Gasteiger partial charge in [0, 0.05) is 26.7 Å². The van der Waals surface area contributed by atoms with Crippen molar-refractivity contribution in [2.45, 2.75) is 40.5 Å². The number of aryl methyl sites for hydroxylation is 4. The molecule has 0 aliphatic heterocycles. The standard InChI is InChI=1S/2C8H15N2.C4H4O4/c2*1-5-8-9(3)6-7(2)10(8)4;5-3(6)1-2-4(7)8/h2*6H,5H2,1-4H3;1-2H,(H,5,6)(H,7,8)/q2*+1;/p-2/b;;2-1-. The maximum Gasteiger partial charge on any atom is 0.255 e. The fourth-order valence-corrected chi connectivity index (χ4v) is 2.87. The summed E-state index contributed by atoms with van der Waals surface area (Å²) in [5.74, 6) is -0.349. The van der Waals surface area contributed by atoms with Crippen molar-refractivity contribution in [3.8, 4) is 0 Å². The fraction of sp³-hybridized carbons (Fsp3) is 0.500. The first-order chi connectivity index (χ1) is 13.0. The zero-order valence-electron chi connectivity index (χ0n) is 18.1. The van der Waals surface area contributed by atoms with E-state index in [0.29, 0.717) is 12.2 Å². The number of rotatable bonds is 4. The number of hydrogen-bond donors (Lipinski definition) is 0. The summed E-state index contributed by atoms with van der Waals surface area (Å²) in [4.78, 5) is 18.8. The monoisotopic (exact) mass is 392 g/mol. The van der Waals surface area contributed by atoms with Crippen molar-refractivity contribution in [3.05, 3.63) is 47.6 Å². The van der Waals surface area contributed by atoms with E-state index in [0.717, 1.165) is 12.8 Å². The van der Waals surface area contributed by atoms with Crippen molar-refractivity contribution >= 4 is 11.9 Å². The van der Waals surface area contributed by atoms with Crippen LogP contribution in [0.4, 0.5) is 0 Å². The van der Waals surface area contributed by atoms with E-state index in [2.05, 4.69) is 86.5 Å². The van der Waals surface area contributed by atoms with Crippen LogP contribution < -0.4 is 19.3 Å². The third kappa shape index (κ3) is 7.77. The van der Waals surface area contributed by atoms with Gasteiger partial charge in [-0.2, -0.15) is 0 Å². The number of hydrogen-bond acceptors (Lipinski definition) is 4. The maximum absolute atomic E-state index is 9.41. The maximum atomic E-state index is 9.41. The molecule has 0 aliphatic carbocycles. The van der Waals surface area contributed by atoms with Gasteiger partial charge in [0.05, 0.1) is 40.1 Å². The molecule has 28 heavy (non-hydrogen) atoms. The van der Waals surface area contributed by atoms with Crippen molar-refractivity contribution in [3.63, 3.8) is 0 Å². The largest absolute Gasteiger partial charge is 0.545 e. The molecule has 0 radical (unpaired) electrons. The molecule has 0 fully saturated rings. The normalized spacial score (nSPS) is 10.1. The lowest BCUT2D eigenvalue weighted by molar-refractivity contribution is -0.678. The molecular formula is C20H32N4O4. The summed E-state index contributed by atoms with van der Waals surface area (Å²) in [5.41, 5.74) is 2.64. The molecule has 2 rings (SSSR count). The van der Waals surface area contributed by atoms with Gasteiger partial charge >= 0.3 is 0 Å². The first-order valence-corrected chi connectivity index (χ1v) is 9.07. The summed E-state index contributed by atoms with van der Waals surface area (Å²) in [6.45, 7) is 8.60. The summed E-state index contributed by atoms with van der Waals surface area (Å²) in [6, 6.07) is 0. The van der Waals surface area contributed by atoms with Gasteiger partial charge in [-0.1, -0.05) is 13.8 Å². The van der Waals surface area contributed by atoms with Crippen LogP contribution in [0.3, 0.4) is 0 Å². The van der Waals surface area contributed by atoms with E-state index < -0.39 is 11.9 Å². The van der Waals surface area contributed by atoms with Gasteiger partial charge in [-0.05, 0) is 12.2 Å². The molecule has 2 heterocycles. The number of carbonyl (C=O) groups excluding carboxylic acids is 2. The van der Waals surface area contributed by atoms with E-state index in [1.54, 1.807) is 0 Å². The highest BCUT2D eigenvalue weighted by Gasteiger charge is 2.12. The third-order valence-electron chi connectivity index (χ3n) is 4.40. The first-order valence-electron chi connectivity index (χ1n) is 9.07. The molecule has 0 saturated carbocycles. The first kappa shape index (κ1) is 25.1. The lowest BCUT2D eigenvalue weighted by Crippen LogP contribution is -2.31. The van der Waals surface area contributed by atoms with Crippen molar-refractivity contribution in [2.75, 3.05) is 0 Å². The van der Waals surface area contributed by atoms with Crippen LogP contribution in [0, 0.1) is 13.8 Å². The molecule has 0 bridgehead atoms. The molecule has 0 spiro atoms. The SMILES string of the molecule is CCc1n(C)c(C)c[n+]1C.CCc1n(C)c(C)c[n+]1C.O=C([O-])/C=C\C(=O)[O-]. The molecule has 156 valence electrons. The van der Waals surface area contributed by atoms with Crippen LogP contribution in [0.2, 0.25) is 0 Å². The van der Waals surface area contributed by atoms with Gasteiger partial charge in [0.1, 0.15) is 23.8 Å². The summed E-state index contributed by atoms with van der Waals surface area (Å²) in [6.07, 6.45) is 7.27. The average molecular weight is 393 g/mol. The number of nitrogens with zero attached hydrogens (tertiary/aromatic N) is 4. The van der Waals surface area contributed by atoms with E-state index in [9.17, 15) is 19.8 Å². The molecule has 8 heteroatoms. The zero-order valence-corrected chi connectivity index (χ0v) is 18.1. The third-order valence-corrected chi connectivity index (χ3v) is 4.40. The number of aromatic nitrogens is 4. The van der Waals surface area contributed by atoms with Crippen molar-refractivity contribution in [1.29, 1.82) is 0 Å². The van der Waals surface area contributed by atoms with E-state index in [1.165, 1.54) is 23.0 Å². The summed E-state index contributed by atoms with van der Waals surface area (Å²) in [7, 11) is 8.39. The van der Waals surface area contributed by atoms with Gasteiger partial charge in [-0.3, -0.25) is 0 Å². The Kier molecular flexibility index (Phi) is 10.5. The minimum atomic E-state index is -1.55. The Balaban J connectivity index is 0.000000394. The highest BCUT2D eigenvalue weighted by Crippen LogP contribution is 1.98. The molecule has 0 aromatic carbocycles. The van der Waals surface area contributed by atoms with Gasteiger partial charge in [0.15, 0.2) is 0 Å². The van der Waals surface area contributed by atoms with Crippen LogP contribution in [-0.4, -0.2) is 21.1 Å². The Morgan fingerprint density at radius 1 is 0.857 bits per heavy atom. The van der Waals surface area contributed by atoms with Gasteiger partial charge in [-0.15, -0.1) is 0 Å². The number of carbonyl (C=O) groups is 2. The van der Waals surface area contributed by atoms with Gasteiger partial charge in [0.25, 0.3) is 11.6 Å². The molecule has 2 aromatic heterocycles. The lowest BCUT2D eigenvalue weighted by Gasteiger charge is -1.91.